The van der Waals surface area contributed by atoms with E-state index in [4.69, 9.17) is 5.11 Å². The first-order valence-electron chi connectivity index (χ1n) is 10.7. The fourth-order valence-electron chi connectivity index (χ4n) is 3.54. The lowest BCUT2D eigenvalue weighted by Crippen LogP contribution is -2.14. The highest BCUT2D eigenvalue weighted by molar-refractivity contribution is 5.77. The molecular formula is C25H19F3N4O5. The van der Waals surface area contributed by atoms with Crippen LogP contribution in [0.5, 0.6) is 11.5 Å². The molecule has 1 heterocycles. The van der Waals surface area contributed by atoms with Crippen molar-refractivity contribution < 1.29 is 32.9 Å². The number of aromatic amines is 1. The zero-order chi connectivity index (χ0) is 26.9. The summed E-state index contributed by atoms with van der Waals surface area (Å²) in [7, 11) is 0. The van der Waals surface area contributed by atoms with E-state index in [0.29, 0.717) is 5.56 Å². The lowest BCUT2D eigenvalue weighted by atomic mass is 10.0. The Hall–Kier alpha value is -4.87. The molecule has 0 bridgehead atoms. The number of H-pyrrole nitrogens is 1. The van der Waals surface area contributed by atoms with Crippen molar-refractivity contribution in [1.82, 2.24) is 9.78 Å². The Morgan fingerprint density at radius 3 is 2.41 bits per heavy atom. The van der Waals surface area contributed by atoms with Gasteiger partial charge in [0, 0.05) is 5.56 Å². The number of hydrogen-bond donors (Lipinski definition) is 3. The van der Waals surface area contributed by atoms with Crippen molar-refractivity contribution in [2.45, 2.75) is 20.0 Å². The van der Waals surface area contributed by atoms with Gasteiger partial charge in [0.2, 0.25) is 0 Å². The van der Waals surface area contributed by atoms with Gasteiger partial charge in [0.05, 0.1) is 5.69 Å². The third kappa shape index (κ3) is 5.22. The zero-order valence-corrected chi connectivity index (χ0v) is 19.4. The maximum absolute atomic E-state index is 13.7. The van der Waals surface area contributed by atoms with E-state index < -0.39 is 35.0 Å². The number of aromatic nitrogens is 2. The van der Waals surface area contributed by atoms with Gasteiger partial charge in [0.1, 0.15) is 11.4 Å². The Labute approximate surface area is 207 Å². The molecule has 9 nitrogen and oxygen atoms in total. The van der Waals surface area contributed by atoms with Crippen LogP contribution in [0.3, 0.4) is 0 Å². The molecule has 1 aromatic heterocycles. The van der Waals surface area contributed by atoms with Crippen LogP contribution in [0.2, 0.25) is 0 Å². The highest BCUT2D eigenvalue weighted by atomic mass is 19.4. The molecule has 0 aliphatic heterocycles. The summed E-state index contributed by atoms with van der Waals surface area (Å²) >= 11 is 0. The predicted molar refractivity (Wildman–Crippen MR) is 127 cm³/mol. The molecule has 4 rings (SSSR count). The topological polar surface area (TPSA) is 129 Å². The fraction of sp³-hybridized carbons (Fsp3) is 0.120. The van der Waals surface area contributed by atoms with Gasteiger partial charge in [0.25, 0.3) is 5.56 Å². The Balaban J connectivity index is 1.77. The van der Waals surface area contributed by atoms with E-state index in [0.717, 1.165) is 15.8 Å². The van der Waals surface area contributed by atoms with Crippen LogP contribution in [-0.2, 0) is 6.18 Å². The number of aromatic hydroxyl groups is 1. The van der Waals surface area contributed by atoms with Crippen LogP contribution in [0.4, 0.5) is 29.3 Å². The van der Waals surface area contributed by atoms with Gasteiger partial charge in [-0.25, -0.2) is 9.48 Å². The number of halogens is 3. The van der Waals surface area contributed by atoms with Crippen LogP contribution in [0.25, 0.3) is 16.8 Å². The third-order valence-electron chi connectivity index (χ3n) is 5.52. The summed E-state index contributed by atoms with van der Waals surface area (Å²) in [5, 5.41) is 28.9. The summed E-state index contributed by atoms with van der Waals surface area (Å²) in [5.74, 6) is -0.456. The van der Waals surface area contributed by atoms with Gasteiger partial charge in [-0.15, -0.1) is 10.2 Å². The van der Waals surface area contributed by atoms with Gasteiger partial charge >= 0.3 is 12.3 Å². The number of benzene rings is 3. The molecular weight excluding hydrogens is 493 g/mol. The molecule has 0 atom stereocenters. The SMILES string of the molecule is Cc1ccc(-n2[nH]c(C(F)(F)F)c(N=Nc3cccc(-c4cccc(OC(=O)O)c4)c3O)c2=O)cc1C. The van der Waals surface area contributed by atoms with Crippen LogP contribution >= 0.6 is 0 Å². The average Bonchev–Trinajstić information content (AvgIpc) is 3.16. The quantitative estimate of drug-likeness (QED) is 0.157. The number of phenolic OH excluding ortho intramolecular Hbond substituents is 1. The first kappa shape index (κ1) is 25.2. The van der Waals surface area contributed by atoms with Gasteiger partial charge in [-0.05, 0) is 60.9 Å². The van der Waals surface area contributed by atoms with E-state index >= 15 is 0 Å². The number of azo groups is 1. The molecule has 0 saturated carbocycles. The molecule has 37 heavy (non-hydrogen) atoms. The number of para-hydroxylation sites is 1. The molecule has 12 heteroatoms. The smallest absolute Gasteiger partial charge is 0.505 e. The second-order valence-corrected chi connectivity index (χ2v) is 8.01. The number of nitrogens with one attached hydrogen (secondary N) is 1. The number of aryl methyl sites for hydroxylation is 2. The predicted octanol–water partition coefficient (Wildman–Crippen LogP) is 6.65. The van der Waals surface area contributed by atoms with E-state index in [1.807, 2.05) is 6.92 Å². The largest absolute Gasteiger partial charge is 0.511 e. The summed E-state index contributed by atoms with van der Waals surface area (Å²) < 4.78 is 46.5. The summed E-state index contributed by atoms with van der Waals surface area (Å²) in [4.78, 5) is 23.7. The fourth-order valence-corrected chi connectivity index (χ4v) is 3.54. The molecule has 190 valence electrons. The van der Waals surface area contributed by atoms with Crippen molar-refractivity contribution in [3.05, 3.63) is 87.8 Å². The van der Waals surface area contributed by atoms with Gasteiger partial charge < -0.3 is 14.9 Å². The van der Waals surface area contributed by atoms with Crippen LogP contribution in [-0.4, -0.2) is 26.1 Å². The minimum absolute atomic E-state index is 0.00883. The molecule has 0 fully saturated rings. The standard InChI is InChI=1S/C25H19F3N4O5/c1-13-9-10-16(11-14(13)2)32-23(34)20(22(31-32)25(26,27)28)30-29-19-8-4-7-18(21(19)33)15-5-3-6-17(12-15)37-24(35)36/h3-12,31,33H,1-2H3,(H,35,36). The number of phenols is 1. The maximum atomic E-state index is 13.7. The molecule has 0 saturated heterocycles. The van der Waals surface area contributed by atoms with Crippen LogP contribution in [0, 0.1) is 13.8 Å². The van der Waals surface area contributed by atoms with Crippen molar-refractivity contribution in [2.24, 2.45) is 10.2 Å². The highest BCUT2D eigenvalue weighted by Gasteiger charge is 2.38. The molecule has 3 N–H and O–H groups in total. The summed E-state index contributed by atoms with van der Waals surface area (Å²) in [6.45, 7) is 3.59. The third-order valence-corrected chi connectivity index (χ3v) is 5.52. The lowest BCUT2D eigenvalue weighted by molar-refractivity contribution is -0.140. The van der Waals surface area contributed by atoms with Crippen LogP contribution < -0.4 is 10.3 Å². The Morgan fingerprint density at radius 1 is 1.00 bits per heavy atom. The molecule has 0 aliphatic rings. The summed E-state index contributed by atoms with van der Waals surface area (Å²) in [5.41, 5.74) is -1.27. The molecule has 0 aliphatic carbocycles. The van der Waals surface area contributed by atoms with Crippen molar-refractivity contribution in [2.75, 3.05) is 0 Å². The summed E-state index contributed by atoms with van der Waals surface area (Å²) in [6.07, 6.45) is -6.46. The van der Waals surface area contributed by atoms with Crippen molar-refractivity contribution in [1.29, 1.82) is 0 Å². The average molecular weight is 512 g/mol. The van der Waals surface area contributed by atoms with Crippen LogP contribution in [0.1, 0.15) is 16.8 Å². The van der Waals surface area contributed by atoms with Crippen molar-refractivity contribution in [3.8, 4) is 28.3 Å². The first-order valence-corrected chi connectivity index (χ1v) is 10.7. The number of nitrogens with zero attached hydrogens (tertiary/aromatic N) is 3. The zero-order valence-electron chi connectivity index (χ0n) is 19.4. The first-order chi connectivity index (χ1) is 17.5. The molecule has 0 amide bonds. The number of ether oxygens (including phenoxy) is 1. The minimum atomic E-state index is -4.94. The number of rotatable bonds is 5. The molecule has 0 spiro atoms. The van der Waals surface area contributed by atoms with Gasteiger partial charge in [-0.1, -0.05) is 30.3 Å². The second kappa shape index (κ2) is 9.64. The molecule has 0 radical (unpaired) electrons. The van der Waals surface area contributed by atoms with E-state index in [2.05, 4.69) is 20.1 Å². The Kier molecular flexibility index (Phi) is 6.58. The normalized spacial score (nSPS) is 11.7. The molecule has 0 unspecified atom stereocenters. The maximum Gasteiger partial charge on any atom is 0.511 e. The number of carboxylic acid groups (broad SMARTS) is 1. The van der Waals surface area contributed by atoms with E-state index in [1.54, 1.807) is 25.1 Å². The van der Waals surface area contributed by atoms with E-state index in [-0.39, 0.29) is 22.7 Å². The minimum Gasteiger partial charge on any atom is -0.505 e. The van der Waals surface area contributed by atoms with E-state index in [9.17, 15) is 27.9 Å². The Morgan fingerprint density at radius 2 is 1.73 bits per heavy atom. The lowest BCUT2D eigenvalue weighted by Gasteiger charge is -2.08. The second-order valence-electron chi connectivity index (χ2n) is 8.01. The van der Waals surface area contributed by atoms with Crippen LogP contribution in [0.15, 0.2) is 75.7 Å². The van der Waals surface area contributed by atoms with Gasteiger partial charge in [-0.2, -0.15) is 13.2 Å². The number of alkyl halides is 3. The van der Waals surface area contributed by atoms with Gasteiger partial charge in [0.15, 0.2) is 17.1 Å². The van der Waals surface area contributed by atoms with Gasteiger partial charge in [-0.3, -0.25) is 9.89 Å². The molecule has 3 aromatic carbocycles. The Bertz CT molecular complexity index is 1590. The highest BCUT2D eigenvalue weighted by Crippen LogP contribution is 2.40. The summed E-state index contributed by atoms with van der Waals surface area (Å²) in [6, 6.07) is 14.8. The monoisotopic (exact) mass is 512 g/mol. The number of carbonyl (C=O) groups is 1. The van der Waals surface area contributed by atoms with Crippen molar-refractivity contribution in [3.63, 3.8) is 0 Å². The van der Waals surface area contributed by atoms with E-state index in [1.165, 1.54) is 42.5 Å². The number of hydrogen-bond acceptors (Lipinski definition) is 6. The van der Waals surface area contributed by atoms with Crippen molar-refractivity contribution >= 4 is 17.5 Å². The molecule has 4 aromatic rings.